The Balaban J connectivity index is 1.85. The van der Waals surface area contributed by atoms with E-state index in [4.69, 9.17) is 0 Å². The zero-order chi connectivity index (χ0) is 23.1. The molecule has 0 radical (unpaired) electrons. The predicted molar refractivity (Wildman–Crippen MR) is 126 cm³/mol. The van der Waals surface area contributed by atoms with Crippen LogP contribution in [-0.4, -0.2) is 17.0 Å². The van der Waals surface area contributed by atoms with E-state index in [-0.39, 0.29) is 12.0 Å². The highest BCUT2D eigenvalue weighted by atomic mass is 19.2. The van der Waals surface area contributed by atoms with Crippen LogP contribution in [0.3, 0.4) is 0 Å². The molecule has 0 bridgehead atoms. The summed E-state index contributed by atoms with van der Waals surface area (Å²) in [5, 5.41) is 10.5. The summed E-state index contributed by atoms with van der Waals surface area (Å²) in [6, 6.07) is 17.7. The summed E-state index contributed by atoms with van der Waals surface area (Å²) in [4.78, 5) is 2.46. The molecule has 2 atom stereocenters. The molecule has 0 saturated heterocycles. The summed E-state index contributed by atoms with van der Waals surface area (Å²) in [5.74, 6) is -1.54. The maximum absolute atomic E-state index is 14.2. The average molecular weight is 439 g/mol. The molecule has 3 rings (SSSR count). The molecule has 0 aromatic heterocycles. The van der Waals surface area contributed by atoms with Gasteiger partial charge in [-0.15, -0.1) is 0 Å². The standard InChI is InChI=1S/C28H36F2N2/c1-21(2)32(19-23-10-6-4-7-11-23)22(3)16-17-28(20-31,24-12-8-5-9-13-24)25-14-15-26(29)27(30)18-25/h4,6-7,10-11,14-15,18,21-22,24H,5,8-9,12-13,16-17,19H2,1-3H3. The van der Waals surface area contributed by atoms with E-state index in [1.54, 1.807) is 6.07 Å². The van der Waals surface area contributed by atoms with Crippen molar-refractivity contribution in [1.29, 1.82) is 5.26 Å². The van der Waals surface area contributed by atoms with Gasteiger partial charge in [-0.25, -0.2) is 8.78 Å². The molecule has 0 amide bonds. The highest BCUT2D eigenvalue weighted by Crippen LogP contribution is 2.45. The number of hydrogen-bond donors (Lipinski definition) is 0. The molecule has 2 aromatic carbocycles. The van der Waals surface area contributed by atoms with Gasteiger partial charge in [0.15, 0.2) is 11.6 Å². The lowest BCUT2D eigenvalue weighted by Crippen LogP contribution is -2.41. The second-order valence-electron chi connectivity index (χ2n) is 9.69. The molecule has 1 aliphatic carbocycles. The Hall–Kier alpha value is -2.25. The first-order valence-electron chi connectivity index (χ1n) is 12.0. The molecule has 0 aliphatic heterocycles. The maximum atomic E-state index is 14.2. The van der Waals surface area contributed by atoms with Crippen LogP contribution in [0.1, 0.15) is 76.8 Å². The molecule has 1 saturated carbocycles. The minimum Gasteiger partial charge on any atom is -0.294 e. The minimum absolute atomic E-state index is 0.180. The van der Waals surface area contributed by atoms with Gasteiger partial charge in [0.1, 0.15) is 0 Å². The third kappa shape index (κ3) is 5.56. The number of nitriles is 1. The highest BCUT2D eigenvalue weighted by molar-refractivity contribution is 5.35. The number of benzene rings is 2. The summed E-state index contributed by atoms with van der Waals surface area (Å²) in [6.45, 7) is 7.48. The predicted octanol–water partition coefficient (Wildman–Crippen LogP) is 7.39. The molecule has 1 aliphatic rings. The number of rotatable bonds is 9. The van der Waals surface area contributed by atoms with Gasteiger partial charge in [0.25, 0.3) is 0 Å². The number of nitrogens with zero attached hydrogens (tertiary/aromatic N) is 2. The molecule has 4 heteroatoms. The van der Waals surface area contributed by atoms with Crippen molar-refractivity contribution >= 4 is 0 Å². The van der Waals surface area contributed by atoms with Crippen LogP contribution in [0.5, 0.6) is 0 Å². The Labute approximate surface area is 192 Å². The molecule has 2 aromatic rings. The number of halogens is 2. The summed E-state index contributed by atoms with van der Waals surface area (Å²) < 4.78 is 27.9. The molecule has 0 spiro atoms. The van der Waals surface area contributed by atoms with Gasteiger partial charge >= 0.3 is 0 Å². The fourth-order valence-electron chi connectivity index (χ4n) is 5.41. The molecule has 32 heavy (non-hydrogen) atoms. The Morgan fingerprint density at radius 3 is 2.28 bits per heavy atom. The van der Waals surface area contributed by atoms with Gasteiger partial charge in [-0.2, -0.15) is 5.26 Å². The summed E-state index contributed by atoms with van der Waals surface area (Å²) in [6.07, 6.45) is 6.80. The fraction of sp³-hybridized carbons (Fsp3) is 0.536. The summed E-state index contributed by atoms with van der Waals surface area (Å²) in [5.41, 5.74) is 1.13. The average Bonchev–Trinajstić information content (AvgIpc) is 2.81. The molecule has 0 heterocycles. The Morgan fingerprint density at radius 2 is 1.69 bits per heavy atom. The minimum atomic E-state index is -0.862. The Bertz CT molecular complexity index is 899. The van der Waals surface area contributed by atoms with Crippen LogP contribution < -0.4 is 0 Å². The van der Waals surface area contributed by atoms with Gasteiger partial charge in [0, 0.05) is 18.6 Å². The van der Waals surface area contributed by atoms with E-state index >= 15 is 0 Å². The van der Waals surface area contributed by atoms with Gasteiger partial charge in [0.2, 0.25) is 0 Å². The van der Waals surface area contributed by atoms with Crippen molar-refractivity contribution in [3.63, 3.8) is 0 Å². The van der Waals surface area contributed by atoms with Crippen LogP contribution in [0.4, 0.5) is 8.78 Å². The van der Waals surface area contributed by atoms with E-state index in [9.17, 15) is 14.0 Å². The molecule has 172 valence electrons. The van der Waals surface area contributed by atoms with Gasteiger partial charge in [0.05, 0.1) is 11.5 Å². The third-order valence-electron chi connectivity index (χ3n) is 7.33. The first kappa shape index (κ1) is 24.4. The quantitative estimate of drug-likeness (QED) is 0.408. The van der Waals surface area contributed by atoms with Crippen molar-refractivity contribution in [1.82, 2.24) is 4.90 Å². The first-order chi connectivity index (χ1) is 15.4. The van der Waals surface area contributed by atoms with Crippen LogP contribution in [0.2, 0.25) is 0 Å². The normalized spacial score (nSPS) is 17.8. The molecular weight excluding hydrogens is 402 g/mol. The smallest absolute Gasteiger partial charge is 0.159 e. The molecular formula is C28H36F2N2. The Morgan fingerprint density at radius 1 is 1.00 bits per heavy atom. The van der Waals surface area contributed by atoms with E-state index < -0.39 is 17.0 Å². The van der Waals surface area contributed by atoms with E-state index in [1.165, 1.54) is 24.1 Å². The molecule has 2 unspecified atom stereocenters. The molecule has 1 fully saturated rings. The lowest BCUT2D eigenvalue weighted by Gasteiger charge is -2.40. The maximum Gasteiger partial charge on any atom is 0.159 e. The van der Waals surface area contributed by atoms with E-state index in [0.29, 0.717) is 18.0 Å². The molecule has 2 nitrogen and oxygen atoms in total. The first-order valence-corrected chi connectivity index (χ1v) is 12.0. The summed E-state index contributed by atoms with van der Waals surface area (Å²) >= 11 is 0. The third-order valence-corrected chi connectivity index (χ3v) is 7.33. The van der Waals surface area contributed by atoms with Crippen molar-refractivity contribution in [3.05, 3.63) is 71.3 Å². The van der Waals surface area contributed by atoms with Crippen LogP contribution in [0.15, 0.2) is 48.5 Å². The second kappa shape index (κ2) is 11.1. The van der Waals surface area contributed by atoms with Crippen molar-refractivity contribution < 1.29 is 8.78 Å². The van der Waals surface area contributed by atoms with Crippen LogP contribution in [-0.2, 0) is 12.0 Å². The molecule has 0 N–H and O–H groups in total. The van der Waals surface area contributed by atoms with Crippen LogP contribution in [0.25, 0.3) is 0 Å². The SMILES string of the molecule is CC(C)N(Cc1ccccc1)C(C)CCC(C#N)(c1ccc(F)c(F)c1)C1CCCCC1. The monoisotopic (exact) mass is 438 g/mol. The van der Waals surface area contributed by atoms with Gasteiger partial charge in [-0.1, -0.05) is 55.7 Å². The van der Waals surface area contributed by atoms with E-state index in [0.717, 1.165) is 38.6 Å². The van der Waals surface area contributed by atoms with Crippen LogP contribution >= 0.6 is 0 Å². The zero-order valence-corrected chi connectivity index (χ0v) is 19.7. The van der Waals surface area contributed by atoms with Crippen molar-refractivity contribution in [2.75, 3.05) is 0 Å². The zero-order valence-electron chi connectivity index (χ0n) is 19.7. The van der Waals surface area contributed by atoms with Gasteiger partial charge in [-0.05, 0) is 75.6 Å². The van der Waals surface area contributed by atoms with Gasteiger partial charge < -0.3 is 0 Å². The second-order valence-corrected chi connectivity index (χ2v) is 9.69. The van der Waals surface area contributed by atoms with E-state index in [1.807, 2.05) is 6.07 Å². The van der Waals surface area contributed by atoms with Crippen molar-refractivity contribution in [2.24, 2.45) is 5.92 Å². The van der Waals surface area contributed by atoms with Gasteiger partial charge in [-0.3, -0.25) is 4.90 Å². The number of hydrogen-bond acceptors (Lipinski definition) is 2. The van der Waals surface area contributed by atoms with E-state index in [2.05, 4.69) is 56.0 Å². The topological polar surface area (TPSA) is 27.0 Å². The van der Waals surface area contributed by atoms with Crippen molar-refractivity contribution in [2.45, 2.75) is 89.8 Å². The Kier molecular flexibility index (Phi) is 8.43. The largest absolute Gasteiger partial charge is 0.294 e. The highest BCUT2D eigenvalue weighted by Gasteiger charge is 2.42. The fourth-order valence-corrected chi connectivity index (χ4v) is 5.41. The van der Waals surface area contributed by atoms with Crippen molar-refractivity contribution in [3.8, 4) is 6.07 Å². The summed E-state index contributed by atoms with van der Waals surface area (Å²) in [7, 11) is 0. The lowest BCUT2D eigenvalue weighted by atomic mass is 9.63. The lowest BCUT2D eigenvalue weighted by molar-refractivity contribution is 0.132. The van der Waals surface area contributed by atoms with Crippen LogP contribution in [0, 0.1) is 28.9 Å².